The number of rotatable bonds is 3. The number of allylic oxidation sites excluding steroid dienone is 1. The highest BCUT2D eigenvalue weighted by atomic mass is 16.1. The van der Waals surface area contributed by atoms with Gasteiger partial charge in [0.05, 0.1) is 0 Å². The molecule has 0 amide bonds. The van der Waals surface area contributed by atoms with Crippen LogP contribution in [0, 0.1) is 0 Å². The van der Waals surface area contributed by atoms with Crippen molar-refractivity contribution in [2.24, 2.45) is 0 Å². The van der Waals surface area contributed by atoms with E-state index in [0.29, 0.717) is 5.78 Å². The van der Waals surface area contributed by atoms with Gasteiger partial charge in [0.2, 0.25) is 0 Å². The van der Waals surface area contributed by atoms with Gasteiger partial charge in [-0.1, -0.05) is 30.3 Å². The molecule has 0 bridgehead atoms. The first-order valence-corrected chi connectivity index (χ1v) is 5.86. The fourth-order valence-electron chi connectivity index (χ4n) is 1.94. The van der Waals surface area contributed by atoms with Crippen LogP contribution in [0.25, 0.3) is 0 Å². The SMILES string of the molecule is O=C1CCCC/C1=C\NCc1ccccc1. The summed E-state index contributed by atoms with van der Waals surface area (Å²) in [5.74, 6) is 0.312. The summed E-state index contributed by atoms with van der Waals surface area (Å²) < 4.78 is 0. The van der Waals surface area contributed by atoms with Crippen LogP contribution in [-0.4, -0.2) is 5.78 Å². The van der Waals surface area contributed by atoms with E-state index in [0.717, 1.165) is 37.8 Å². The lowest BCUT2D eigenvalue weighted by atomic mass is 9.94. The van der Waals surface area contributed by atoms with Gasteiger partial charge in [-0.15, -0.1) is 0 Å². The van der Waals surface area contributed by atoms with Crippen molar-refractivity contribution < 1.29 is 4.79 Å². The molecule has 0 aromatic heterocycles. The molecule has 1 aromatic carbocycles. The van der Waals surface area contributed by atoms with E-state index in [1.807, 2.05) is 24.4 Å². The Morgan fingerprint density at radius 1 is 1.12 bits per heavy atom. The minimum Gasteiger partial charge on any atom is -0.386 e. The number of hydrogen-bond acceptors (Lipinski definition) is 2. The van der Waals surface area contributed by atoms with E-state index < -0.39 is 0 Å². The first kappa shape index (κ1) is 10.9. The van der Waals surface area contributed by atoms with Crippen molar-refractivity contribution in [3.05, 3.63) is 47.7 Å². The van der Waals surface area contributed by atoms with E-state index in [1.54, 1.807) is 0 Å². The fraction of sp³-hybridized carbons (Fsp3) is 0.357. The van der Waals surface area contributed by atoms with Crippen LogP contribution in [0.2, 0.25) is 0 Å². The monoisotopic (exact) mass is 215 g/mol. The van der Waals surface area contributed by atoms with E-state index >= 15 is 0 Å². The fourth-order valence-corrected chi connectivity index (χ4v) is 1.94. The second kappa shape index (κ2) is 5.50. The van der Waals surface area contributed by atoms with E-state index in [-0.39, 0.29) is 0 Å². The molecular weight excluding hydrogens is 198 g/mol. The van der Waals surface area contributed by atoms with Crippen LogP contribution in [0.1, 0.15) is 31.2 Å². The van der Waals surface area contributed by atoms with Crippen LogP contribution >= 0.6 is 0 Å². The lowest BCUT2D eigenvalue weighted by Gasteiger charge is -2.12. The Bertz CT molecular complexity index is 381. The molecule has 2 rings (SSSR count). The molecule has 84 valence electrons. The Morgan fingerprint density at radius 3 is 2.62 bits per heavy atom. The van der Waals surface area contributed by atoms with Gasteiger partial charge < -0.3 is 5.32 Å². The summed E-state index contributed by atoms with van der Waals surface area (Å²) in [5.41, 5.74) is 2.20. The Kier molecular flexibility index (Phi) is 3.76. The topological polar surface area (TPSA) is 29.1 Å². The maximum absolute atomic E-state index is 11.5. The quantitative estimate of drug-likeness (QED) is 0.785. The number of hydrogen-bond donors (Lipinski definition) is 1. The Hall–Kier alpha value is -1.57. The smallest absolute Gasteiger partial charge is 0.160 e. The molecule has 0 spiro atoms. The molecule has 1 fully saturated rings. The molecule has 2 nitrogen and oxygen atoms in total. The molecule has 1 aliphatic rings. The van der Waals surface area contributed by atoms with Gasteiger partial charge in [-0.2, -0.15) is 0 Å². The number of carbonyl (C=O) groups is 1. The number of nitrogens with one attached hydrogen (secondary N) is 1. The molecule has 1 saturated carbocycles. The van der Waals surface area contributed by atoms with Crippen molar-refractivity contribution in [2.45, 2.75) is 32.2 Å². The summed E-state index contributed by atoms with van der Waals surface area (Å²) in [5, 5.41) is 3.22. The van der Waals surface area contributed by atoms with Crippen LogP contribution in [0.15, 0.2) is 42.1 Å². The number of Topliss-reactive ketones (excluding diaryl/α,β-unsaturated/α-hetero) is 1. The third kappa shape index (κ3) is 2.96. The first-order valence-electron chi connectivity index (χ1n) is 5.86. The van der Waals surface area contributed by atoms with Crippen LogP contribution in [0.5, 0.6) is 0 Å². The molecule has 0 aliphatic heterocycles. The van der Waals surface area contributed by atoms with Gasteiger partial charge in [-0.05, 0) is 24.8 Å². The van der Waals surface area contributed by atoms with Crippen molar-refractivity contribution in [3.63, 3.8) is 0 Å². The second-order valence-electron chi connectivity index (χ2n) is 4.17. The summed E-state index contributed by atoms with van der Waals surface area (Å²) >= 11 is 0. The van der Waals surface area contributed by atoms with Gasteiger partial charge in [0.25, 0.3) is 0 Å². The molecule has 0 radical (unpaired) electrons. The van der Waals surface area contributed by atoms with Crippen LogP contribution in [0.3, 0.4) is 0 Å². The highest BCUT2D eigenvalue weighted by Crippen LogP contribution is 2.18. The van der Waals surface area contributed by atoms with E-state index in [1.165, 1.54) is 5.56 Å². The van der Waals surface area contributed by atoms with Crippen molar-refractivity contribution in [1.82, 2.24) is 5.32 Å². The predicted molar refractivity (Wildman–Crippen MR) is 64.8 cm³/mol. The van der Waals surface area contributed by atoms with Gasteiger partial charge in [0, 0.05) is 24.7 Å². The summed E-state index contributed by atoms with van der Waals surface area (Å²) in [6, 6.07) is 10.2. The third-order valence-electron chi connectivity index (χ3n) is 2.88. The predicted octanol–water partition coefficient (Wildman–Crippen LogP) is 2.80. The summed E-state index contributed by atoms with van der Waals surface area (Å²) in [6.07, 6.45) is 5.74. The largest absolute Gasteiger partial charge is 0.386 e. The molecule has 0 heterocycles. The number of carbonyl (C=O) groups excluding carboxylic acids is 1. The molecule has 2 heteroatoms. The summed E-state index contributed by atoms with van der Waals surface area (Å²) in [4.78, 5) is 11.5. The first-order chi connectivity index (χ1) is 7.86. The molecule has 16 heavy (non-hydrogen) atoms. The minimum absolute atomic E-state index is 0.312. The van der Waals surface area contributed by atoms with Gasteiger partial charge in [0.1, 0.15) is 0 Å². The molecule has 0 saturated heterocycles. The average molecular weight is 215 g/mol. The zero-order chi connectivity index (χ0) is 11.2. The lowest BCUT2D eigenvalue weighted by Crippen LogP contribution is -2.13. The summed E-state index contributed by atoms with van der Waals surface area (Å²) in [7, 11) is 0. The number of benzene rings is 1. The molecular formula is C14H17NO. The Labute approximate surface area is 96.4 Å². The van der Waals surface area contributed by atoms with Crippen LogP contribution in [-0.2, 0) is 11.3 Å². The Morgan fingerprint density at radius 2 is 1.88 bits per heavy atom. The zero-order valence-corrected chi connectivity index (χ0v) is 9.41. The maximum Gasteiger partial charge on any atom is 0.160 e. The number of ketones is 1. The van der Waals surface area contributed by atoms with Crippen molar-refractivity contribution >= 4 is 5.78 Å². The van der Waals surface area contributed by atoms with Crippen LogP contribution in [0.4, 0.5) is 0 Å². The Balaban J connectivity index is 1.87. The standard InChI is InChI=1S/C14H17NO/c16-14-9-5-4-8-13(14)11-15-10-12-6-2-1-3-7-12/h1-3,6-7,11,15H,4-5,8-10H2/b13-11+. The molecule has 1 N–H and O–H groups in total. The van der Waals surface area contributed by atoms with Gasteiger partial charge in [0.15, 0.2) is 5.78 Å². The maximum atomic E-state index is 11.5. The van der Waals surface area contributed by atoms with Gasteiger partial charge >= 0.3 is 0 Å². The molecule has 0 unspecified atom stereocenters. The highest BCUT2D eigenvalue weighted by molar-refractivity contribution is 5.95. The summed E-state index contributed by atoms with van der Waals surface area (Å²) in [6.45, 7) is 0.789. The average Bonchev–Trinajstić information content (AvgIpc) is 2.33. The van der Waals surface area contributed by atoms with Gasteiger partial charge in [-0.3, -0.25) is 4.79 Å². The van der Waals surface area contributed by atoms with Crippen molar-refractivity contribution in [1.29, 1.82) is 0 Å². The van der Waals surface area contributed by atoms with E-state index in [9.17, 15) is 4.79 Å². The van der Waals surface area contributed by atoms with Gasteiger partial charge in [-0.25, -0.2) is 0 Å². The van der Waals surface area contributed by atoms with E-state index in [2.05, 4.69) is 17.4 Å². The van der Waals surface area contributed by atoms with Crippen molar-refractivity contribution in [2.75, 3.05) is 0 Å². The zero-order valence-electron chi connectivity index (χ0n) is 9.41. The molecule has 1 aromatic rings. The third-order valence-corrected chi connectivity index (χ3v) is 2.88. The highest BCUT2D eigenvalue weighted by Gasteiger charge is 2.13. The normalized spacial score (nSPS) is 18.8. The van der Waals surface area contributed by atoms with E-state index in [4.69, 9.17) is 0 Å². The molecule has 0 atom stereocenters. The van der Waals surface area contributed by atoms with Crippen LogP contribution < -0.4 is 5.32 Å². The molecule has 1 aliphatic carbocycles. The minimum atomic E-state index is 0.312. The second-order valence-corrected chi connectivity index (χ2v) is 4.17. The van der Waals surface area contributed by atoms with Crippen molar-refractivity contribution in [3.8, 4) is 0 Å². The lowest BCUT2D eigenvalue weighted by molar-refractivity contribution is -0.116.